The van der Waals surface area contributed by atoms with Crippen LogP contribution in [0.25, 0.3) is 0 Å². The first-order chi connectivity index (χ1) is 7.26. The molecule has 2 aliphatic heterocycles. The van der Waals surface area contributed by atoms with Gasteiger partial charge in [0.15, 0.2) is 0 Å². The average molecular weight is 330 g/mol. The maximum absolute atomic E-state index is 14.7. The van der Waals surface area contributed by atoms with Crippen LogP contribution in [0.4, 0.5) is 4.39 Å². The molecule has 15 heavy (non-hydrogen) atoms. The molecule has 2 saturated heterocycles. The van der Waals surface area contributed by atoms with Gasteiger partial charge < -0.3 is 0 Å². The molecule has 1 aromatic rings. The van der Waals surface area contributed by atoms with E-state index in [0.29, 0.717) is 24.6 Å². The van der Waals surface area contributed by atoms with Gasteiger partial charge in [-0.3, -0.25) is 0 Å². The molecule has 0 saturated carbocycles. The van der Waals surface area contributed by atoms with Crippen molar-refractivity contribution in [3.63, 3.8) is 0 Å². The summed E-state index contributed by atoms with van der Waals surface area (Å²) < 4.78 is 13.7. The fourth-order valence-electron chi connectivity index (χ4n) is 2.46. The molecule has 0 amide bonds. The third-order valence-electron chi connectivity index (χ3n) is 3.39. The Bertz CT molecular complexity index is 458. The summed E-state index contributed by atoms with van der Waals surface area (Å²) in [7, 11) is 0. The van der Waals surface area contributed by atoms with Crippen molar-refractivity contribution in [3.8, 4) is 0 Å². The summed E-state index contributed by atoms with van der Waals surface area (Å²) in [5.41, 5.74) is 1.20. The summed E-state index contributed by atoms with van der Waals surface area (Å²) in [6.45, 7) is 0. The fraction of sp³-hybridized carbons (Fsp3) is 0.333. The Morgan fingerprint density at radius 2 is 2.00 bits per heavy atom. The van der Waals surface area contributed by atoms with E-state index in [-0.39, 0.29) is 19.3 Å². The molecule has 1 aromatic carbocycles. The summed E-state index contributed by atoms with van der Waals surface area (Å²) in [4.78, 5) is 1.04. The second-order valence-electron chi connectivity index (χ2n) is 4.23. The zero-order valence-corrected chi connectivity index (χ0v) is 11.3. The molecule has 4 atom stereocenters. The van der Waals surface area contributed by atoms with Crippen LogP contribution in [0, 0.1) is 0 Å². The average Bonchev–Trinajstić information content (AvgIpc) is 3.10. The number of hydrogen-bond acceptors (Lipinski definition) is 0. The molecule has 4 unspecified atom stereocenters. The molecule has 2 heterocycles. The van der Waals surface area contributed by atoms with Crippen molar-refractivity contribution < 1.29 is 4.39 Å². The van der Waals surface area contributed by atoms with Crippen LogP contribution in [-0.2, 0) is 4.31 Å². The van der Waals surface area contributed by atoms with Crippen molar-refractivity contribution in [2.24, 2.45) is 0 Å². The quantitative estimate of drug-likeness (QED) is 0.547. The Morgan fingerprint density at radius 3 is 2.80 bits per heavy atom. The van der Waals surface area contributed by atoms with E-state index in [1.807, 2.05) is 18.2 Å². The number of alkyl halides is 1. The normalized spacial score (nSPS) is 49.4. The molecule has 0 N–H and O–H groups in total. The molecular weight excluding hydrogens is 321 g/mol. The van der Waals surface area contributed by atoms with Crippen LogP contribution in [-0.4, -0.2) is 34.5 Å². The van der Waals surface area contributed by atoms with Gasteiger partial charge in [-0.2, -0.15) is 0 Å². The van der Waals surface area contributed by atoms with E-state index >= 15 is 0 Å². The van der Waals surface area contributed by atoms with Crippen molar-refractivity contribution in [2.45, 2.75) is 18.5 Å². The van der Waals surface area contributed by atoms with E-state index in [1.54, 1.807) is 0 Å². The predicted molar refractivity (Wildman–Crippen MR) is 60.1 cm³/mol. The Kier molecular flexibility index (Phi) is 1.56. The summed E-state index contributed by atoms with van der Waals surface area (Å²) in [6.07, 6.45) is 4.46. The van der Waals surface area contributed by atoms with Crippen LogP contribution >= 0.6 is 0 Å². The van der Waals surface area contributed by atoms with E-state index in [0.717, 1.165) is 0 Å². The van der Waals surface area contributed by atoms with E-state index in [9.17, 15) is 4.39 Å². The molecule has 0 aromatic heterocycles. The number of fused-ring (bicyclic) bond motifs is 3. The van der Waals surface area contributed by atoms with Crippen molar-refractivity contribution >= 4 is 29.9 Å². The zero-order chi connectivity index (χ0) is 10.1. The second-order valence-corrected chi connectivity index (χ2v) is 10.0. The van der Waals surface area contributed by atoms with Gasteiger partial charge in [-0.05, 0) is 0 Å². The SMILES string of the molecule is FC12[Se]C1(c1ccccc1)C=CC1[Se]C12. The summed E-state index contributed by atoms with van der Waals surface area (Å²) in [5.74, 6) is 0. The molecule has 0 bridgehead atoms. The minimum atomic E-state index is -0.819. The van der Waals surface area contributed by atoms with Gasteiger partial charge in [-0.15, -0.1) is 0 Å². The number of benzene rings is 1. The van der Waals surface area contributed by atoms with Crippen LogP contribution in [0.2, 0.25) is 9.63 Å². The minimum absolute atomic E-state index is 0.134. The van der Waals surface area contributed by atoms with Gasteiger partial charge in [0.25, 0.3) is 0 Å². The van der Waals surface area contributed by atoms with E-state index < -0.39 is 4.57 Å². The van der Waals surface area contributed by atoms with Crippen LogP contribution in [0.15, 0.2) is 42.5 Å². The van der Waals surface area contributed by atoms with Gasteiger partial charge >= 0.3 is 101 Å². The first kappa shape index (κ1) is 9.01. The van der Waals surface area contributed by atoms with Crippen LogP contribution in [0.3, 0.4) is 0 Å². The summed E-state index contributed by atoms with van der Waals surface area (Å²) >= 11 is 0.690. The number of rotatable bonds is 1. The molecule has 3 heteroatoms. The molecule has 76 valence electrons. The number of halogens is 1. The molecule has 0 spiro atoms. The van der Waals surface area contributed by atoms with Crippen molar-refractivity contribution in [1.82, 2.24) is 0 Å². The monoisotopic (exact) mass is 332 g/mol. The van der Waals surface area contributed by atoms with E-state index in [4.69, 9.17) is 0 Å². The van der Waals surface area contributed by atoms with E-state index in [2.05, 4.69) is 24.3 Å². The van der Waals surface area contributed by atoms with Gasteiger partial charge in [0, 0.05) is 0 Å². The molecule has 1 aliphatic carbocycles. The van der Waals surface area contributed by atoms with Crippen LogP contribution in [0.5, 0.6) is 0 Å². The van der Waals surface area contributed by atoms with Gasteiger partial charge in [0.05, 0.1) is 0 Å². The van der Waals surface area contributed by atoms with Gasteiger partial charge in [-0.25, -0.2) is 0 Å². The van der Waals surface area contributed by atoms with Crippen molar-refractivity contribution in [3.05, 3.63) is 48.0 Å². The summed E-state index contributed by atoms with van der Waals surface area (Å²) in [6, 6.07) is 10.2. The Morgan fingerprint density at radius 1 is 1.20 bits per heavy atom. The number of allylic oxidation sites excluding steroid dienone is 2. The number of hydrogen-bond donors (Lipinski definition) is 0. The Balaban J connectivity index is 1.85. The van der Waals surface area contributed by atoms with Gasteiger partial charge in [0.2, 0.25) is 0 Å². The standard InChI is InChI=1S/C12H9FSe2/c13-12-10-9(14-10)6-7-11(12,15-12)8-4-2-1-3-5-8/h1-7,9-10H. The molecule has 0 radical (unpaired) electrons. The zero-order valence-electron chi connectivity index (χ0n) is 7.89. The molecule has 0 nitrogen and oxygen atoms in total. The van der Waals surface area contributed by atoms with Gasteiger partial charge in [0.1, 0.15) is 0 Å². The van der Waals surface area contributed by atoms with Crippen LogP contribution in [0.1, 0.15) is 5.56 Å². The molecular formula is C12H9FSe2. The Labute approximate surface area is 101 Å². The summed E-state index contributed by atoms with van der Waals surface area (Å²) in [5, 5.41) is 0. The second kappa shape index (κ2) is 2.60. The predicted octanol–water partition coefficient (Wildman–Crippen LogP) is 2.13. The third kappa shape index (κ3) is 0.982. The van der Waals surface area contributed by atoms with Crippen molar-refractivity contribution in [2.75, 3.05) is 0 Å². The van der Waals surface area contributed by atoms with Crippen molar-refractivity contribution in [1.29, 1.82) is 0 Å². The first-order valence-electron chi connectivity index (χ1n) is 5.06. The molecule has 2 fully saturated rings. The Hall–Kier alpha value is -0.0710. The topological polar surface area (TPSA) is 0 Å². The maximum atomic E-state index is 14.7. The van der Waals surface area contributed by atoms with Gasteiger partial charge in [-0.1, -0.05) is 0 Å². The third-order valence-corrected chi connectivity index (χ3v) is 10.4. The fourth-order valence-corrected chi connectivity index (χ4v) is 9.55. The molecule has 4 rings (SSSR count). The molecule has 3 aliphatic rings. The first-order valence-corrected chi connectivity index (χ1v) is 8.75. The van der Waals surface area contributed by atoms with Crippen LogP contribution < -0.4 is 0 Å². The van der Waals surface area contributed by atoms with E-state index in [1.165, 1.54) is 5.56 Å².